The number of fused-ring (bicyclic) bond motifs is 1. The Bertz CT molecular complexity index is 929. The number of anilines is 2. The van der Waals surface area contributed by atoms with Crippen molar-refractivity contribution in [3.8, 4) is 0 Å². The quantitative estimate of drug-likeness (QED) is 0.750. The molecular weight excluding hydrogens is 358 g/mol. The van der Waals surface area contributed by atoms with Crippen molar-refractivity contribution in [2.24, 2.45) is 0 Å². The average molecular weight is 382 g/mol. The Morgan fingerprint density at radius 3 is 2.70 bits per heavy atom. The maximum absolute atomic E-state index is 12.6. The molecule has 0 unspecified atom stereocenters. The molecule has 1 amide bonds. The van der Waals surface area contributed by atoms with Gasteiger partial charge in [-0.1, -0.05) is 0 Å². The average Bonchev–Trinajstić information content (AvgIpc) is 3.17. The van der Waals surface area contributed by atoms with Crippen LogP contribution in [-0.4, -0.2) is 54.0 Å². The maximum Gasteiger partial charge on any atom is 0.258 e. The molecular formula is C20H23N5OS. The number of pyridine rings is 2. The molecule has 0 atom stereocenters. The van der Waals surface area contributed by atoms with E-state index < -0.39 is 0 Å². The molecule has 3 aromatic heterocycles. The van der Waals surface area contributed by atoms with Crippen molar-refractivity contribution in [2.75, 3.05) is 37.4 Å². The van der Waals surface area contributed by atoms with Crippen LogP contribution >= 0.6 is 11.3 Å². The number of carbonyl (C=O) groups excluding carboxylic acids is 1. The molecule has 0 bridgehead atoms. The number of hydrogen-bond donors (Lipinski definition) is 1. The molecule has 1 saturated heterocycles. The summed E-state index contributed by atoms with van der Waals surface area (Å²) in [5.74, 6) is 0.408. The molecule has 1 N–H and O–H groups in total. The largest absolute Gasteiger partial charge is 0.370 e. The first kappa shape index (κ1) is 17.9. The SMILES string of the molecule is CN(C)C1CCN(c2ccc(NC(=O)c3ccnc4ccsc34)nc2)CC1. The third kappa shape index (κ3) is 3.79. The van der Waals surface area contributed by atoms with Crippen LogP contribution < -0.4 is 10.2 Å². The predicted molar refractivity (Wildman–Crippen MR) is 111 cm³/mol. The topological polar surface area (TPSA) is 61.4 Å². The minimum absolute atomic E-state index is 0.156. The minimum Gasteiger partial charge on any atom is -0.370 e. The summed E-state index contributed by atoms with van der Waals surface area (Å²) in [6.45, 7) is 2.06. The number of piperidine rings is 1. The maximum atomic E-state index is 12.6. The molecule has 1 fully saturated rings. The number of nitrogens with zero attached hydrogens (tertiary/aromatic N) is 4. The zero-order valence-corrected chi connectivity index (χ0v) is 16.4. The Labute approximate surface area is 162 Å². The highest BCUT2D eigenvalue weighted by Crippen LogP contribution is 2.24. The summed E-state index contributed by atoms with van der Waals surface area (Å²) in [6.07, 6.45) is 5.82. The standard InChI is InChI=1S/C20H23N5OS/c1-24(2)14-6-10-25(11-7-14)15-3-4-18(22-13-15)23-20(26)16-5-9-21-17-8-12-27-19(16)17/h3-5,8-9,12-14H,6-7,10-11H2,1-2H3,(H,22,23,26). The van der Waals surface area contributed by atoms with E-state index in [-0.39, 0.29) is 5.91 Å². The summed E-state index contributed by atoms with van der Waals surface area (Å²) >= 11 is 1.52. The second-order valence-corrected chi connectivity index (χ2v) is 7.95. The highest BCUT2D eigenvalue weighted by atomic mass is 32.1. The monoisotopic (exact) mass is 381 g/mol. The number of thiophene rings is 1. The lowest BCUT2D eigenvalue weighted by atomic mass is 10.0. The molecule has 0 spiro atoms. The van der Waals surface area contributed by atoms with Gasteiger partial charge in [0.2, 0.25) is 0 Å². The van der Waals surface area contributed by atoms with Crippen molar-refractivity contribution >= 4 is 39.0 Å². The van der Waals surface area contributed by atoms with E-state index in [1.807, 2.05) is 29.8 Å². The molecule has 7 heteroatoms. The van der Waals surface area contributed by atoms with Gasteiger partial charge >= 0.3 is 0 Å². The van der Waals surface area contributed by atoms with E-state index in [2.05, 4.69) is 39.2 Å². The van der Waals surface area contributed by atoms with Crippen LogP contribution in [0.2, 0.25) is 0 Å². The third-order valence-corrected chi connectivity index (χ3v) is 6.07. The van der Waals surface area contributed by atoms with Crippen LogP contribution in [0.4, 0.5) is 11.5 Å². The van der Waals surface area contributed by atoms with Crippen molar-refractivity contribution in [3.63, 3.8) is 0 Å². The Morgan fingerprint density at radius 2 is 2.00 bits per heavy atom. The zero-order valence-electron chi connectivity index (χ0n) is 15.6. The second kappa shape index (κ2) is 7.62. The molecule has 0 saturated carbocycles. The molecule has 3 aromatic rings. The number of amides is 1. The van der Waals surface area contributed by atoms with Gasteiger partial charge < -0.3 is 15.1 Å². The van der Waals surface area contributed by atoms with Crippen molar-refractivity contribution in [1.82, 2.24) is 14.9 Å². The summed E-state index contributed by atoms with van der Waals surface area (Å²) in [4.78, 5) is 26.0. The Hall–Kier alpha value is -2.51. The molecule has 27 heavy (non-hydrogen) atoms. The normalized spacial score (nSPS) is 15.4. The van der Waals surface area contributed by atoms with Crippen LogP contribution in [0.3, 0.4) is 0 Å². The van der Waals surface area contributed by atoms with E-state index in [9.17, 15) is 4.79 Å². The molecule has 4 heterocycles. The number of nitrogens with one attached hydrogen (secondary N) is 1. The smallest absolute Gasteiger partial charge is 0.258 e. The lowest BCUT2D eigenvalue weighted by Crippen LogP contribution is -2.42. The molecule has 140 valence electrons. The lowest BCUT2D eigenvalue weighted by Gasteiger charge is -2.36. The fraction of sp³-hybridized carbons (Fsp3) is 0.350. The summed E-state index contributed by atoms with van der Waals surface area (Å²) in [7, 11) is 4.29. The summed E-state index contributed by atoms with van der Waals surface area (Å²) in [5.41, 5.74) is 2.58. The number of hydrogen-bond acceptors (Lipinski definition) is 6. The second-order valence-electron chi connectivity index (χ2n) is 7.03. The van der Waals surface area contributed by atoms with Gasteiger partial charge in [0.1, 0.15) is 5.82 Å². The highest BCUT2D eigenvalue weighted by Gasteiger charge is 2.21. The summed E-state index contributed by atoms with van der Waals surface area (Å²) < 4.78 is 0.899. The van der Waals surface area contributed by atoms with Crippen LogP contribution in [0.5, 0.6) is 0 Å². The first-order valence-corrected chi connectivity index (χ1v) is 10.0. The zero-order chi connectivity index (χ0) is 18.8. The van der Waals surface area contributed by atoms with Gasteiger partial charge in [-0.2, -0.15) is 0 Å². The number of rotatable bonds is 4. The Balaban J connectivity index is 1.42. The lowest BCUT2D eigenvalue weighted by molar-refractivity contribution is 0.102. The van der Waals surface area contributed by atoms with Crippen LogP contribution in [0.15, 0.2) is 42.0 Å². The van der Waals surface area contributed by atoms with Crippen LogP contribution in [0.25, 0.3) is 10.2 Å². The molecule has 4 rings (SSSR count). The number of aromatic nitrogens is 2. The van der Waals surface area contributed by atoms with Gasteiger partial charge in [-0.05, 0) is 56.6 Å². The van der Waals surface area contributed by atoms with E-state index in [4.69, 9.17) is 0 Å². The molecule has 1 aliphatic rings. The first-order chi connectivity index (χ1) is 13.1. The Morgan fingerprint density at radius 1 is 1.19 bits per heavy atom. The van der Waals surface area contributed by atoms with Gasteiger partial charge in [-0.3, -0.25) is 9.78 Å². The molecule has 6 nitrogen and oxygen atoms in total. The minimum atomic E-state index is -0.156. The van der Waals surface area contributed by atoms with Crippen LogP contribution in [-0.2, 0) is 0 Å². The highest BCUT2D eigenvalue weighted by molar-refractivity contribution is 7.17. The van der Waals surface area contributed by atoms with Crippen molar-refractivity contribution < 1.29 is 4.79 Å². The van der Waals surface area contributed by atoms with Crippen molar-refractivity contribution in [3.05, 3.63) is 47.6 Å². The fourth-order valence-electron chi connectivity index (χ4n) is 3.52. The van der Waals surface area contributed by atoms with Crippen molar-refractivity contribution in [2.45, 2.75) is 18.9 Å². The third-order valence-electron chi connectivity index (χ3n) is 5.14. The number of carbonyl (C=O) groups is 1. The van der Waals surface area contributed by atoms with E-state index in [1.165, 1.54) is 11.3 Å². The van der Waals surface area contributed by atoms with E-state index in [0.29, 0.717) is 17.4 Å². The summed E-state index contributed by atoms with van der Waals surface area (Å²) in [5, 5.41) is 4.84. The fourth-order valence-corrected chi connectivity index (χ4v) is 4.39. The van der Waals surface area contributed by atoms with Gasteiger partial charge in [-0.15, -0.1) is 11.3 Å². The summed E-state index contributed by atoms with van der Waals surface area (Å²) in [6, 6.07) is 8.23. The van der Waals surface area contributed by atoms with Gasteiger partial charge in [0.25, 0.3) is 5.91 Å². The van der Waals surface area contributed by atoms with Gasteiger partial charge in [0, 0.05) is 25.3 Å². The van der Waals surface area contributed by atoms with E-state index in [0.717, 1.165) is 41.8 Å². The van der Waals surface area contributed by atoms with Gasteiger partial charge in [0.05, 0.1) is 27.7 Å². The molecule has 1 aliphatic heterocycles. The van der Waals surface area contributed by atoms with E-state index >= 15 is 0 Å². The molecule has 0 aromatic carbocycles. The Kier molecular flexibility index (Phi) is 5.05. The van der Waals surface area contributed by atoms with Gasteiger partial charge in [0.15, 0.2) is 0 Å². The molecule has 0 radical (unpaired) electrons. The first-order valence-electron chi connectivity index (χ1n) is 9.13. The molecule has 0 aliphatic carbocycles. The van der Waals surface area contributed by atoms with Crippen LogP contribution in [0, 0.1) is 0 Å². The van der Waals surface area contributed by atoms with Gasteiger partial charge in [-0.25, -0.2) is 4.98 Å². The van der Waals surface area contributed by atoms with E-state index in [1.54, 1.807) is 12.3 Å². The van der Waals surface area contributed by atoms with Crippen molar-refractivity contribution in [1.29, 1.82) is 0 Å². The van der Waals surface area contributed by atoms with Crippen LogP contribution in [0.1, 0.15) is 23.2 Å². The predicted octanol–water partition coefficient (Wildman–Crippen LogP) is 3.47.